The minimum Gasteiger partial charge on any atom is -0.390 e. The Hall–Kier alpha value is -0.890. The molecule has 0 fully saturated rings. The highest BCUT2D eigenvalue weighted by Crippen LogP contribution is 2.20. The molecule has 0 saturated heterocycles. The van der Waals surface area contributed by atoms with Crippen LogP contribution in [0.5, 0.6) is 0 Å². The highest BCUT2D eigenvalue weighted by Gasteiger charge is 2.17. The standard InChI is InChI=1S/C11H12BrNO2/c12-5-4-10(14)11(15)9-3-1-2-8(6-9)7-13/h1-3,6,10-11,14-15H,4-5H2. The number of nitriles is 1. The topological polar surface area (TPSA) is 64.2 Å². The van der Waals surface area contributed by atoms with E-state index in [2.05, 4.69) is 15.9 Å². The fourth-order valence-corrected chi connectivity index (χ4v) is 1.75. The molecule has 0 aliphatic rings. The number of alkyl halides is 1. The molecule has 0 radical (unpaired) electrons. The number of nitrogens with zero attached hydrogens (tertiary/aromatic N) is 1. The molecule has 2 atom stereocenters. The monoisotopic (exact) mass is 269 g/mol. The molecule has 0 saturated carbocycles. The Morgan fingerprint density at radius 1 is 1.40 bits per heavy atom. The van der Waals surface area contributed by atoms with Crippen LogP contribution in [0.1, 0.15) is 23.7 Å². The normalized spacial score (nSPS) is 14.3. The smallest absolute Gasteiger partial charge is 0.105 e. The van der Waals surface area contributed by atoms with Crippen molar-refractivity contribution in [1.29, 1.82) is 5.26 Å². The second kappa shape index (κ2) is 5.86. The van der Waals surface area contributed by atoms with Crippen LogP contribution in [0.4, 0.5) is 0 Å². The van der Waals surface area contributed by atoms with Gasteiger partial charge in [0.25, 0.3) is 0 Å². The summed E-state index contributed by atoms with van der Waals surface area (Å²) in [6.45, 7) is 0. The van der Waals surface area contributed by atoms with Gasteiger partial charge in [-0.2, -0.15) is 5.26 Å². The molecule has 2 N–H and O–H groups in total. The summed E-state index contributed by atoms with van der Waals surface area (Å²) >= 11 is 3.20. The Labute approximate surface area is 97.1 Å². The van der Waals surface area contributed by atoms with Gasteiger partial charge in [0.15, 0.2) is 0 Å². The minimum atomic E-state index is -0.934. The van der Waals surface area contributed by atoms with E-state index in [0.717, 1.165) is 0 Å². The molecule has 80 valence electrons. The summed E-state index contributed by atoms with van der Waals surface area (Å²) in [5.74, 6) is 0. The van der Waals surface area contributed by atoms with Gasteiger partial charge in [-0.05, 0) is 24.1 Å². The van der Waals surface area contributed by atoms with Gasteiger partial charge in [-0.1, -0.05) is 28.1 Å². The number of halogens is 1. The third-order valence-electron chi connectivity index (χ3n) is 2.13. The Morgan fingerprint density at radius 3 is 2.73 bits per heavy atom. The summed E-state index contributed by atoms with van der Waals surface area (Å²) in [5.41, 5.74) is 1.06. The maximum atomic E-state index is 9.76. The number of hydrogen-bond donors (Lipinski definition) is 2. The zero-order chi connectivity index (χ0) is 11.3. The molecule has 0 amide bonds. The summed E-state index contributed by atoms with van der Waals surface area (Å²) in [6.07, 6.45) is -1.27. The van der Waals surface area contributed by atoms with Crippen LogP contribution in [0.2, 0.25) is 0 Å². The second-order valence-electron chi connectivity index (χ2n) is 3.23. The average Bonchev–Trinajstić information content (AvgIpc) is 2.28. The van der Waals surface area contributed by atoms with Gasteiger partial charge in [0.2, 0.25) is 0 Å². The summed E-state index contributed by atoms with van der Waals surface area (Å²) in [5, 5.41) is 28.6. The highest BCUT2D eigenvalue weighted by molar-refractivity contribution is 9.09. The molecule has 2 unspecified atom stereocenters. The highest BCUT2D eigenvalue weighted by atomic mass is 79.9. The zero-order valence-electron chi connectivity index (χ0n) is 8.10. The van der Waals surface area contributed by atoms with E-state index in [1.165, 1.54) is 0 Å². The van der Waals surface area contributed by atoms with Gasteiger partial charge < -0.3 is 10.2 Å². The van der Waals surface area contributed by atoms with E-state index in [-0.39, 0.29) is 0 Å². The fraction of sp³-hybridized carbons (Fsp3) is 0.364. The van der Waals surface area contributed by atoms with Gasteiger partial charge in [-0.25, -0.2) is 0 Å². The van der Waals surface area contributed by atoms with Gasteiger partial charge in [0.1, 0.15) is 6.10 Å². The van der Waals surface area contributed by atoms with Crippen LogP contribution in [0.15, 0.2) is 24.3 Å². The lowest BCUT2D eigenvalue weighted by atomic mass is 10.0. The van der Waals surface area contributed by atoms with E-state index >= 15 is 0 Å². The minimum absolute atomic E-state index is 0.470. The van der Waals surface area contributed by atoms with E-state index in [0.29, 0.717) is 22.9 Å². The van der Waals surface area contributed by atoms with Crippen LogP contribution in [-0.4, -0.2) is 21.6 Å². The molecule has 1 rings (SSSR count). The molecule has 0 aromatic heterocycles. The third-order valence-corrected chi connectivity index (χ3v) is 2.58. The Bertz CT molecular complexity index is 362. The van der Waals surface area contributed by atoms with Gasteiger partial charge in [-0.15, -0.1) is 0 Å². The van der Waals surface area contributed by atoms with Crippen molar-refractivity contribution in [3.05, 3.63) is 35.4 Å². The largest absolute Gasteiger partial charge is 0.390 e. The quantitative estimate of drug-likeness (QED) is 0.819. The molecule has 3 nitrogen and oxygen atoms in total. The van der Waals surface area contributed by atoms with Crippen LogP contribution >= 0.6 is 15.9 Å². The maximum absolute atomic E-state index is 9.76. The molecule has 1 aromatic rings. The Kier molecular flexibility index (Phi) is 4.76. The molecule has 0 spiro atoms. The van der Waals surface area contributed by atoms with E-state index < -0.39 is 12.2 Å². The van der Waals surface area contributed by atoms with Crippen LogP contribution in [-0.2, 0) is 0 Å². The first kappa shape index (κ1) is 12.2. The van der Waals surface area contributed by atoms with Gasteiger partial charge in [0, 0.05) is 5.33 Å². The lowest BCUT2D eigenvalue weighted by Gasteiger charge is -2.17. The maximum Gasteiger partial charge on any atom is 0.105 e. The van der Waals surface area contributed by atoms with Crippen molar-refractivity contribution >= 4 is 15.9 Å². The first-order chi connectivity index (χ1) is 7.19. The SMILES string of the molecule is N#Cc1cccc(C(O)C(O)CCBr)c1. The number of aliphatic hydroxyl groups excluding tert-OH is 2. The summed E-state index contributed by atoms with van der Waals surface area (Å²) in [4.78, 5) is 0. The fourth-order valence-electron chi connectivity index (χ4n) is 1.28. The van der Waals surface area contributed by atoms with Gasteiger partial charge >= 0.3 is 0 Å². The van der Waals surface area contributed by atoms with E-state index in [9.17, 15) is 10.2 Å². The average molecular weight is 270 g/mol. The molecule has 0 bridgehead atoms. The number of aliphatic hydroxyl groups is 2. The first-order valence-electron chi connectivity index (χ1n) is 4.61. The van der Waals surface area contributed by atoms with E-state index in [1.54, 1.807) is 24.3 Å². The molecule has 4 heteroatoms. The van der Waals surface area contributed by atoms with Crippen molar-refractivity contribution < 1.29 is 10.2 Å². The van der Waals surface area contributed by atoms with Crippen LogP contribution in [0, 0.1) is 11.3 Å². The van der Waals surface area contributed by atoms with Crippen LogP contribution in [0.25, 0.3) is 0 Å². The molecule has 0 aliphatic carbocycles. The molecule has 15 heavy (non-hydrogen) atoms. The predicted molar refractivity (Wildman–Crippen MR) is 60.5 cm³/mol. The van der Waals surface area contributed by atoms with Crippen molar-refractivity contribution in [3.63, 3.8) is 0 Å². The molecular weight excluding hydrogens is 258 g/mol. The van der Waals surface area contributed by atoms with Gasteiger partial charge in [0.05, 0.1) is 17.7 Å². The summed E-state index contributed by atoms with van der Waals surface area (Å²) in [6, 6.07) is 8.63. The van der Waals surface area contributed by atoms with Crippen LogP contribution in [0.3, 0.4) is 0 Å². The van der Waals surface area contributed by atoms with E-state index in [4.69, 9.17) is 5.26 Å². The van der Waals surface area contributed by atoms with Crippen molar-refractivity contribution in [2.45, 2.75) is 18.6 Å². The Morgan fingerprint density at radius 2 is 2.13 bits per heavy atom. The van der Waals surface area contributed by atoms with Crippen molar-refractivity contribution in [2.24, 2.45) is 0 Å². The summed E-state index contributed by atoms with van der Waals surface area (Å²) in [7, 11) is 0. The van der Waals surface area contributed by atoms with Crippen LogP contribution < -0.4 is 0 Å². The van der Waals surface area contributed by atoms with E-state index in [1.807, 2.05) is 6.07 Å². The lowest BCUT2D eigenvalue weighted by molar-refractivity contribution is 0.0173. The number of rotatable bonds is 4. The predicted octanol–water partition coefficient (Wildman–Crippen LogP) is 1.74. The molecule has 1 aromatic carbocycles. The van der Waals surface area contributed by atoms with Gasteiger partial charge in [-0.3, -0.25) is 0 Å². The molecule has 0 aliphatic heterocycles. The number of benzene rings is 1. The van der Waals surface area contributed by atoms with Crippen molar-refractivity contribution in [3.8, 4) is 6.07 Å². The van der Waals surface area contributed by atoms with Crippen molar-refractivity contribution in [1.82, 2.24) is 0 Å². The zero-order valence-corrected chi connectivity index (χ0v) is 9.68. The Balaban J connectivity index is 2.82. The first-order valence-corrected chi connectivity index (χ1v) is 5.73. The third kappa shape index (κ3) is 3.31. The molecular formula is C11H12BrNO2. The lowest BCUT2D eigenvalue weighted by Crippen LogP contribution is -2.18. The summed E-state index contributed by atoms with van der Waals surface area (Å²) < 4.78 is 0. The van der Waals surface area contributed by atoms with Crippen molar-refractivity contribution in [2.75, 3.05) is 5.33 Å². The molecule has 0 heterocycles. The second-order valence-corrected chi connectivity index (χ2v) is 4.02. The number of hydrogen-bond acceptors (Lipinski definition) is 3.